The molecular weight excluding hydrogens is 353 g/mol. The van der Waals surface area contributed by atoms with Crippen LogP contribution in [0.1, 0.15) is 32.7 Å². The van der Waals surface area contributed by atoms with Crippen molar-refractivity contribution in [3.63, 3.8) is 0 Å². The number of carbonyl (C=O) groups excluding carboxylic acids is 1. The van der Waals surface area contributed by atoms with Crippen molar-refractivity contribution in [3.05, 3.63) is 30.1 Å². The Kier molecular flexibility index (Phi) is 5.01. The minimum Gasteiger partial charge on any atom is -0.327 e. The van der Waals surface area contributed by atoms with Crippen LogP contribution in [0, 0.1) is 17.1 Å². The molecule has 1 aliphatic rings. The maximum atomic E-state index is 14.2. The van der Waals surface area contributed by atoms with E-state index in [0.717, 1.165) is 12.8 Å². The van der Waals surface area contributed by atoms with Crippen LogP contribution in [0.3, 0.4) is 0 Å². The van der Waals surface area contributed by atoms with E-state index in [-0.39, 0.29) is 23.5 Å². The molecule has 26 heavy (non-hydrogen) atoms. The van der Waals surface area contributed by atoms with Gasteiger partial charge in [-0.1, -0.05) is 23.9 Å². The highest BCUT2D eigenvalue weighted by atomic mass is 32.2. The lowest BCUT2D eigenvalue weighted by Crippen LogP contribution is -2.44. The molecule has 0 radical (unpaired) electrons. The first-order valence-corrected chi connectivity index (χ1v) is 9.34. The summed E-state index contributed by atoms with van der Waals surface area (Å²) in [4.78, 5) is 13.8. The molecule has 3 rings (SSSR count). The lowest BCUT2D eigenvalue weighted by atomic mass is 10.1. The highest BCUT2D eigenvalue weighted by Crippen LogP contribution is 2.41. The Morgan fingerprint density at radius 1 is 1.42 bits per heavy atom. The van der Waals surface area contributed by atoms with Crippen LogP contribution >= 0.6 is 11.8 Å². The summed E-state index contributed by atoms with van der Waals surface area (Å²) in [5, 5.41) is 18.1. The zero-order valence-corrected chi connectivity index (χ0v) is 15.8. The minimum atomic E-state index is -0.875. The van der Waals surface area contributed by atoms with Crippen LogP contribution in [-0.2, 0) is 4.79 Å². The molecule has 1 fully saturated rings. The Morgan fingerprint density at radius 3 is 2.73 bits per heavy atom. The molecule has 136 valence electrons. The summed E-state index contributed by atoms with van der Waals surface area (Å²) in [5.41, 5.74) is -0.465. The Morgan fingerprint density at radius 2 is 2.12 bits per heavy atom. The van der Waals surface area contributed by atoms with Gasteiger partial charge in [-0.05, 0) is 38.8 Å². The lowest BCUT2D eigenvalue weighted by molar-refractivity contribution is -0.130. The minimum absolute atomic E-state index is 0.143. The zero-order valence-electron chi connectivity index (χ0n) is 14.9. The van der Waals surface area contributed by atoms with Crippen LogP contribution in [0.25, 0.3) is 11.4 Å². The third-order valence-electron chi connectivity index (χ3n) is 4.50. The van der Waals surface area contributed by atoms with Crippen molar-refractivity contribution in [1.82, 2.24) is 19.7 Å². The van der Waals surface area contributed by atoms with E-state index in [9.17, 15) is 9.18 Å². The molecular formula is C18H20FN5OS. The van der Waals surface area contributed by atoms with E-state index in [1.807, 2.05) is 4.57 Å². The van der Waals surface area contributed by atoms with Gasteiger partial charge in [-0.2, -0.15) is 5.26 Å². The highest BCUT2D eigenvalue weighted by molar-refractivity contribution is 7.99. The second-order valence-corrected chi connectivity index (χ2v) is 7.74. The highest BCUT2D eigenvalue weighted by Gasteiger charge is 2.32. The molecule has 0 bridgehead atoms. The number of nitrogens with zero attached hydrogens (tertiary/aromatic N) is 5. The smallest absolute Gasteiger partial charge is 0.234 e. The molecule has 1 aliphatic carbocycles. The lowest BCUT2D eigenvalue weighted by Gasteiger charge is -2.28. The van der Waals surface area contributed by atoms with Crippen molar-refractivity contribution in [2.45, 2.75) is 43.4 Å². The molecule has 6 nitrogen and oxygen atoms in total. The Balaban J connectivity index is 1.81. The molecule has 2 aromatic rings. The van der Waals surface area contributed by atoms with E-state index in [2.05, 4.69) is 16.3 Å². The van der Waals surface area contributed by atoms with Crippen molar-refractivity contribution in [1.29, 1.82) is 5.26 Å². The molecule has 0 N–H and O–H groups in total. The quantitative estimate of drug-likeness (QED) is 0.727. The van der Waals surface area contributed by atoms with E-state index in [4.69, 9.17) is 5.26 Å². The molecule has 1 aromatic carbocycles. The van der Waals surface area contributed by atoms with E-state index in [1.165, 1.54) is 22.7 Å². The number of nitriles is 1. The average Bonchev–Trinajstić information content (AvgIpc) is 3.39. The molecule has 1 amide bonds. The van der Waals surface area contributed by atoms with Gasteiger partial charge in [0, 0.05) is 13.1 Å². The third kappa shape index (κ3) is 3.58. The van der Waals surface area contributed by atoms with Crippen molar-refractivity contribution >= 4 is 17.7 Å². The summed E-state index contributed by atoms with van der Waals surface area (Å²) in [6.45, 7) is 3.39. The second kappa shape index (κ2) is 7.08. The number of hydrogen-bond donors (Lipinski definition) is 0. The van der Waals surface area contributed by atoms with E-state index in [0.29, 0.717) is 16.5 Å². The maximum Gasteiger partial charge on any atom is 0.234 e. The molecule has 1 aromatic heterocycles. The molecule has 8 heteroatoms. The summed E-state index contributed by atoms with van der Waals surface area (Å²) in [7, 11) is 1.61. The topological polar surface area (TPSA) is 74.8 Å². The standard InChI is InChI=1S/C18H20FN5OS/c1-18(2,11-20)23(3)15(25)10-26-17-22-21-16(24(17)12-8-9-12)13-6-4-5-7-14(13)19/h4-7,12H,8-10H2,1-3H3. The summed E-state index contributed by atoms with van der Waals surface area (Å²) >= 11 is 1.27. The van der Waals surface area contributed by atoms with Gasteiger partial charge in [-0.15, -0.1) is 10.2 Å². The number of thioether (sulfide) groups is 1. The first-order valence-electron chi connectivity index (χ1n) is 8.35. The van der Waals surface area contributed by atoms with Gasteiger partial charge in [-0.3, -0.25) is 9.36 Å². The number of hydrogen-bond acceptors (Lipinski definition) is 5. The summed E-state index contributed by atoms with van der Waals surface area (Å²) < 4.78 is 16.1. The Hall–Kier alpha value is -2.40. The number of aromatic nitrogens is 3. The van der Waals surface area contributed by atoms with Crippen LogP contribution in [0.15, 0.2) is 29.4 Å². The van der Waals surface area contributed by atoms with Gasteiger partial charge < -0.3 is 4.90 Å². The van der Waals surface area contributed by atoms with Crippen molar-refractivity contribution in [2.75, 3.05) is 12.8 Å². The normalized spacial score (nSPS) is 14.1. The zero-order chi connectivity index (χ0) is 18.9. The van der Waals surface area contributed by atoms with E-state index >= 15 is 0 Å². The summed E-state index contributed by atoms with van der Waals surface area (Å²) in [5.74, 6) is 0.125. The molecule has 0 saturated heterocycles. The van der Waals surface area contributed by atoms with E-state index < -0.39 is 5.54 Å². The molecule has 0 unspecified atom stereocenters. The van der Waals surface area contributed by atoms with Crippen LogP contribution in [0.2, 0.25) is 0 Å². The van der Waals surface area contributed by atoms with Gasteiger partial charge in [0.05, 0.1) is 17.4 Å². The maximum absolute atomic E-state index is 14.2. The average molecular weight is 373 g/mol. The molecule has 0 spiro atoms. The van der Waals surface area contributed by atoms with Gasteiger partial charge in [0.2, 0.25) is 5.91 Å². The number of amides is 1. The van der Waals surface area contributed by atoms with E-state index in [1.54, 1.807) is 39.1 Å². The third-order valence-corrected chi connectivity index (χ3v) is 5.43. The van der Waals surface area contributed by atoms with Gasteiger partial charge in [0.15, 0.2) is 11.0 Å². The van der Waals surface area contributed by atoms with Crippen molar-refractivity contribution in [3.8, 4) is 17.5 Å². The fourth-order valence-electron chi connectivity index (χ4n) is 2.47. The predicted molar refractivity (Wildman–Crippen MR) is 96.9 cm³/mol. The Labute approximate surface area is 156 Å². The largest absolute Gasteiger partial charge is 0.327 e. The predicted octanol–water partition coefficient (Wildman–Crippen LogP) is 3.27. The van der Waals surface area contributed by atoms with Crippen LogP contribution < -0.4 is 0 Å². The molecule has 1 saturated carbocycles. The number of rotatable bonds is 6. The molecule has 0 atom stereocenters. The van der Waals surface area contributed by atoms with Crippen molar-refractivity contribution in [2.24, 2.45) is 0 Å². The van der Waals surface area contributed by atoms with Gasteiger partial charge in [0.1, 0.15) is 11.4 Å². The van der Waals surface area contributed by atoms with Gasteiger partial charge in [-0.25, -0.2) is 4.39 Å². The van der Waals surface area contributed by atoms with Crippen LogP contribution in [0.5, 0.6) is 0 Å². The molecule has 1 heterocycles. The first kappa shape index (κ1) is 18.4. The van der Waals surface area contributed by atoms with Gasteiger partial charge in [0.25, 0.3) is 0 Å². The molecule has 0 aliphatic heterocycles. The fraction of sp³-hybridized carbons (Fsp3) is 0.444. The summed E-state index contributed by atoms with van der Waals surface area (Å²) in [6.07, 6.45) is 1.98. The SMILES string of the molecule is CN(C(=O)CSc1nnc(-c2ccccc2F)n1C1CC1)C(C)(C)C#N. The monoisotopic (exact) mass is 373 g/mol. The fourth-order valence-corrected chi connectivity index (χ4v) is 3.39. The number of halogens is 1. The Bertz CT molecular complexity index is 869. The number of benzene rings is 1. The van der Waals surface area contributed by atoms with Crippen LogP contribution in [0.4, 0.5) is 4.39 Å². The van der Waals surface area contributed by atoms with Crippen molar-refractivity contribution < 1.29 is 9.18 Å². The second-order valence-electron chi connectivity index (χ2n) is 6.80. The van der Waals surface area contributed by atoms with Gasteiger partial charge >= 0.3 is 0 Å². The summed E-state index contributed by atoms with van der Waals surface area (Å²) in [6, 6.07) is 8.83. The number of carbonyl (C=O) groups is 1. The van der Waals surface area contributed by atoms with Crippen LogP contribution in [-0.4, -0.2) is 43.9 Å². The first-order chi connectivity index (χ1) is 12.3.